The Bertz CT molecular complexity index is 3380. The Morgan fingerprint density at radius 3 is 1.20 bits per heavy atom. The number of aromatic nitrogens is 2. The lowest BCUT2D eigenvalue weighted by atomic mass is 10.0. The SMILES string of the molecule is O=P(c1ccccc1)(c1ccccc1)c1ccc(-n2c3ccccc3c3cc(-c4ccc5c(c4)c4ccccc4n5P(=O)(c4ccccc4)c4ccccc4)ccc32)cc1. The van der Waals surface area contributed by atoms with E-state index in [1.807, 2.05) is 140 Å². The van der Waals surface area contributed by atoms with Crippen molar-refractivity contribution in [1.82, 2.24) is 8.90 Å². The third-order valence-electron chi connectivity index (χ3n) is 11.9. The molecule has 0 amide bonds. The van der Waals surface area contributed by atoms with Crippen LogP contribution in [0.1, 0.15) is 0 Å². The Morgan fingerprint density at radius 1 is 0.300 bits per heavy atom. The molecule has 9 aromatic carbocycles. The van der Waals surface area contributed by atoms with E-state index in [9.17, 15) is 0 Å². The molecule has 0 N–H and O–H groups in total. The lowest BCUT2D eigenvalue weighted by Gasteiger charge is -2.23. The summed E-state index contributed by atoms with van der Waals surface area (Å²) in [5.74, 6) is 0. The van der Waals surface area contributed by atoms with E-state index < -0.39 is 14.4 Å². The molecule has 0 fully saturated rings. The highest BCUT2D eigenvalue weighted by Crippen LogP contribution is 2.51. The van der Waals surface area contributed by atoms with Crippen LogP contribution in [0.5, 0.6) is 0 Å². The first-order valence-corrected chi connectivity index (χ1v) is 23.5. The molecule has 0 atom stereocenters. The number of para-hydroxylation sites is 2. The van der Waals surface area contributed by atoms with Crippen LogP contribution in [0.3, 0.4) is 0 Å². The molecular weight excluding hydrogens is 771 g/mol. The van der Waals surface area contributed by atoms with E-state index in [0.29, 0.717) is 0 Å². The van der Waals surface area contributed by atoms with Crippen LogP contribution >= 0.6 is 14.4 Å². The fourth-order valence-corrected chi connectivity index (χ4v) is 14.6. The van der Waals surface area contributed by atoms with Gasteiger partial charge in [0.15, 0.2) is 7.14 Å². The van der Waals surface area contributed by atoms with Crippen molar-refractivity contribution < 1.29 is 9.13 Å². The van der Waals surface area contributed by atoms with Gasteiger partial charge in [0.2, 0.25) is 7.29 Å². The van der Waals surface area contributed by atoms with Gasteiger partial charge in [-0.1, -0.05) is 146 Å². The summed E-state index contributed by atoms with van der Waals surface area (Å²) in [6, 6.07) is 77.7. The molecule has 11 rings (SSSR count). The zero-order valence-electron chi connectivity index (χ0n) is 32.5. The summed E-state index contributed by atoms with van der Waals surface area (Å²) in [4.78, 5) is 0. The van der Waals surface area contributed by atoms with Crippen molar-refractivity contribution in [3.05, 3.63) is 231 Å². The number of benzene rings is 9. The minimum Gasteiger partial charge on any atom is -0.309 e. The summed E-state index contributed by atoms with van der Waals surface area (Å²) in [5.41, 5.74) is 7.24. The van der Waals surface area contributed by atoms with Crippen molar-refractivity contribution in [2.45, 2.75) is 0 Å². The second-order valence-electron chi connectivity index (χ2n) is 15.2. The molecule has 0 aliphatic carbocycles. The van der Waals surface area contributed by atoms with Crippen molar-refractivity contribution in [1.29, 1.82) is 0 Å². The molecule has 0 radical (unpaired) electrons. The van der Waals surface area contributed by atoms with Crippen LogP contribution in [0.4, 0.5) is 0 Å². The molecular formula is C54H38N2O2P2. The van der Waals surface area contributed by atoms with Crippen molar-refractivity contribution in [2.24, 2.45) is 0 Å². The van der Waals surface area contributed by atoms with Gasteiger partial charge in [0.05, 0.1) is 22.1 Å². The highest BCUT2D eigenvalue weighted by atomic mass is 31.2. The van der Waals surface area contributed by atoms with Gasteiger partial charge in [0.25, 0.3) is 0 Å². The van der Waals surface area contributed by atoms with Gasteiger partial charge < -0.3 is 9.13 Å². The maximum absolute atomic E-state index is 15.8. The molecule has 6 heteroatoms. The van der Waals surface area contributed by atoms with E-state index in [0.717, 1.165) is 86.9 Å². The first-order chi connectivity index (χ1) is 29.5. The molecule has 0 saturated heterocycles. The number of rotatable bonds is 8. The second kappa shape index (κ2) is 14.4. The molecule has 4 nitrogen and oxygen atoms in total. The van der Waals surface area contributed by atoms with Crippen LogP contribution in [0.2, 0.25) is 0 Å². The minimum atomic E-state index is -3.34. The molecule has 2 aromatic heterocycles. The fraction of sp³-hybridized carbons (Fsp3) is 0. The Morgan fingerprint density at radius 2 is 0.667 bits per heavy atom. The predicted molar refractivity (Wildman–Crippen MR) is 254 cm³/mol. The molecule has 286 valence electrons. The Kier molecular flexibility index (Phi) is 8.67. The number of hydrogen-bond donors (Lipinski definition) is 0. The van der Waals surface area contributed by atoms with Gasteiger partial charge >= 0.3 is 0 Å². The zero-order valence-corrected chi connectivity index (χ0v) is 34.3. The Hall–Kier alpha value is -6.96. The molecule has 0 unspecified atom stereocenters. The Labute approximate surface area is 348 Å². The quantitative estimate of drug-likeness (QED) is 0.144. The number of hydrogen-bond acceptors (Lipinski definition) is 2. The van der Waals surface area contributed by atoms with Crippen molar-refractivity contribution in [3.8, 4) is 16.8 Å². The van der Waals surface area contributed by atoms with Gasteiger partial charge in [-0.2, -0.15) is 0 Å². The highest BCUT2D eigenvalue weighted by molar-refractivity contribution is 7.85. The average Bonchev–Trinajstić information content (AvgIpc) is 3.85. The van der Waals surface area contributed by atoms with Crippen LogP contribution in [-0.4, -0.2) is 8.90 Å². The van der Waals surface area contributed by atoms with Crippen LogP contribution in [0.25, 0.3) is 60.4 Å². The van der Waals surface area contributed by atoms with E-state index >= 15 is 9.13 Å². The van der Waals surface area contributed by atoms with E-state index in [4.69, 9.17) is 0 Å². The summed E-state index contributed by atoms with van der Waals surface area (Å²) >= 11 is 0. The molecule has 0 saturated carbocycles. The molecule has 0 spiro atoms. The standard InChI is InChI=1S/C54H38N2O2P2/c57-59(42-17-5-1-6-18-42,43-19-7-2-8-20-43)44-33-31-41(32-34-44)55-51-27-15-13-25-47(51)49-37-39(29-35-52(49)55)40-30-36-54-50(38-40)48-26-14-16-28-53(48)56(54)60(58,45-21-9-3-10-22-45)46-23-11-4-12-24-46/h1-38H. The fourth-order valence-electron chi connectivity index (χ4n) is 9.04. The normalized spacial score (nSPS) is 12.1. The van der Waals surface area contributed by atoms with E-state index in [1.165, 1.54) is 0 Å². The lowest BCUT2D eigenvalue weighted by Crippen LogP contribution is -2.24. The topological polar surface area (TPSA) is 44.0 Å². The van der Waals surface area contributed by atoms with Gasteiger partial charge in [-0.05, 0) is 96.1 Å². The second-order valence-corrected chi connectivity index (χ2v) is 20.5. The molecule has 2 heterocycles. The van der Waals surface area contributed by atoms with Crippen LogP contribution in [0.15, 0.2) is 231 Å². The number of nitrogens with zero attached hydrogens (tertiary/aromatic N) is 2. The highest BCUT2D eigenvalue weighted by Gasteiger charge is 2.33. The van der Waals surface area contributed by atoms with Gasteiger partial charge in [-0.25, -0.2) is 0 Å². The summed E-state index contributed by atoms with van der Waals surface area (Å²) in [6.07, 6.45) is 0. The summed E-state index contributed by atoms with van der Waals surface area (Å²) in [6.45, 7) is 0. The summed E-state index contributed by atoms with van der Waals surface area (Å²) in [5, 5.41) is 8.44. The number of fused-ring (bicyclic) bond motifs is 6. The third-order valence-corrected chi connectivity index (χ3v) is 17.9. The molecule has 0 aliphatic heterocycles. The Balaban J connectivity index is 1.05. The van der Waals surface area contributed by atoms with Crippen LogP contribution in [-0.2, 0) is 9.13 Å². The maximum Gasteiger partial charge on any atom is 0.234 e. The van der Waals surface area contributed by atoms with Crippen LogP contribution < -0.4 is 26.5 Å². The largest absolute Gasteiger partial charge is 0.309 e. The maximum atomic E-state index is 15.8. The minimum absolute atomic E-state index is 0.792. The van der Waals surface area contributed by atoms with Crippen molar-refractivity contribution in [2.75, 3.05) is 0 Å². The molecule has 11 aromatic rings. The smallest absolute Gasteiger partial charge is 0.234 e. The van der Waals surface area contributed by atoms with Crippen molar-refractivity contribution >= 4 is 84.6 Å². The molecule has 60 heavy (non-hydrogen) atoms. The van der Waals surface area contributed by atoms with E-state index in [-0.39, 0.29) is 0 Å². The predicted octanol–water partition coefficient (Wildman–Crippen LogP) is 12.0. The van der Waals surface area contributed by atoms with Gasteiger partial charge in [0.1, 0.15) is 0 Å². The average molecular weight is 809 g/mol. The van der Waals surface area contributed by atoms with Crippen molar-refractivity contribution in [3.63, 3.8) is 0 Å². The molecule has 0 bridgehead atoms. The van der Waals surface area contributed by atoms with Gasteiger partial charge in [0, 0.05) is 53.8 Å². The summed E-state index contributed by atoms with van der Waals surface area (Å²) < 4.78 is 35.3. The van der Waals surface area contributed by atoms with Crippen LogP contribution in [0, 0.1) is 0 Å². The van der Waals surface area contributed by atoms with E-state index in [2.05, 4.69) is 99.9 Å². The molecule has 0 aliphatic rings. The third kappa shape index (κ3) is 5.60. The monoisotopic (exact) mass is 808 g/mol. The van der Waals surface area contributed by atoms with E-state index in [1.54, 1.807) is 0 Å². The van der Waals surface area contributed by atoms with Gasteiger partial charge in [-0.15, -0.1) is 0 Å². The first kappa shape index (κ1) is 36.1. The van der Waals surface area contributed by atoms with Gasteiger partial charge in [-0.3, -0.25) is 8.90 Å². The first-order valence-electron chi connectivity index (χ1n) is 20.1. The zero-order chi connectivity index (χ0) is 40.3. The summed E-state index contributed by atoms with van der Waals surface area (Å²) in [7, 11) is -6.45. The lowest BCUT2D eigenvalue weighted by molar-refractivity contribution is 0.583.